The lowest BCUT2D eigenvalue weighted by molar-refractivity contribution is 0.601. The number of rotatable bonds is 5. The van der Waals surface area contributed by atoms with Crippen LogP contribution in [0.2, 0.25) is 0 Å². The average Bonchev–Trinajstić information content (AvgIpc) is 3.34. The highest BCUT2D eigenvalue weighted by Gasteiger charge is 2.21. The first-order valence-electron chi connectivity index (χ1n) is 10.8. The summed E-state index contributed by atoms with van der Waals surface area (Å²) in [4.78, 5) is 14.5. The van der Waals surface area contributed by atoms with Crippen molar-refractivity contribution in [3.8, 4) is 0 Å². The van der Waals surface area contributed by atoms with Crippen molar-refractivity contribution < 1.29 is 8.42 Å². The first kappa shape index (κ1) is 21.9. The summed E-state index contributed by atoms with van der Waals surface area (Å²) >= 11 is 1.47. The van der Waals surface area contributed by atoms with Gasteiger partial charge < -0.3 is 0 Å². The monoisotopic (exact) mass is 479 g/mol. The number of benzene rings is 3. The fourth-order valence-electron chi connectivity index (χ4n) is 4.34. The van der Waals surface area contributed by atoms with Gasteiger partial charge in [0.15, 0.2) is 0 Å². The zero-order valence-electron chi connectivity index (χ0n) is 18.8. The Kier molecular flexibility index (Phi) is 5.37. The maximum atomic E-state index is 13.3. The molecule has 6 nitrogen and oxygen atoms in total. The number of imidazole rings is 1. The molecule has 1 N–H and O–H groups in total. The molecule has 0 unspecified atom stereocenters. The third kappa shape index (κ3) is 3.98. The summed E-state index contributed by atoms with van der Waals surface area (Å²) in [6.45, 7) is 2.02. The van der Waals surface area contributed by atoms with E-state index in [1.165, 1.54) is 21.9 Å². The second-order valence-corrected chi connectivity index (χ2v) is 11.3. The van der Waals surface area contributed by atoms with Gasteiger partial charge in [-0.05, 0) is 73.7 Å². The maximum absolute atomic E-state index is 13.3. The molecule has 0 fully saturated rings. The van der Waals surface area contributed by atoms with E-state index in [1.54, 1.807) is 36.9 Å². The number of anilines is 1. The van der Waals surface area contributed by atoms with Crippen molar-refractivity contribution in [2.75, 3.05) is 4.72 Å². The quantitative estimate of drug-likeness (QED) is 0.453. The van der Waals surface area contributed by atoms with Crippen molar-refractivity contribution >= 4 is 38.5 Å². The van der Waals surface area contributed by atoms with Gasteiger partial charge in [-0.3, -0.25) is 13.9 Å². The highest BCUT2D eigenvalue weighted by Crippen LogP contribution is 2.37. The van der Waals surface area contributed by atoms with E-state index in [0.29, 0.717) is 11.2 Å². The zero-order chi connectivity index (χ0) is 23.3. The van der Waals surface area contributed by atoms with Crippen LogP contribution in [0.4, 0.5) is 5.69 Å². The molecular formula is C25H25N3O3S2. The summed E-state index contributed by atoms with van der Waals surface area (Å²) in [5.74, 6) is 0. The molecule has 0 bridgehead atoms. The smallest absolute Gasteiger partial charge is 0.295 e. The molecule has 33 heavy (non-hydrogen) atoms. The molecule has 1 aliphatic rings. The van der Waals surface area contributed by atoms with Gasteiger partial charge in [-0.15, -0.1) is 0 Å². The largest absolute Gasteiger partial charge is 0.328 e. The van der Waals surface area contributed by atoms with Crippen LogP contribution >= 0.6 is 11.8 Å². The number of sulfonamides is 1. The summed E-state index contributed by atoms with van der Waals surface area (Å²) in [6, 6.07) is 17.1. The molecule has 0 amide bonds. The van der Waals surface area contributed by atoms with Gasteiger partial charge in [0.05, 0.1) is 21.6 Å². The molecule has 1 aromatic heterocycles. The van der Waals surface area contributed by atoms with Gasteiger partial charge in [0.1, 0.15) is 0 Å². The van der Waals surface area contributed by atoms with Crippen LogP contribution in [0.25, 0.3) is 11.0 Å². The molecule has 5 rings (SSSR count). The SMILES string of the molecule is Cc1ccc(Sc2cc3c(cc2NS(=O)(=O)c2ccc4c(c2)CCC4)n(C)c(=O)n3C)cc1. The Morgan fingerprint density at radius 2 is 1.55 bits per heavy atom. The number of aromatic nitrogens is 2. The third-order valence-corrected chi connectivity index (χ3v) is 8.68. The van der Waals surface area contributed by atoms with E-state index in [9.17, 15) is 13.2 Å². The van der Waals surface area contributed by atoms with Crippen LogP contribution in [0.15, 0.2) is 74.1 Å². The van der Waals surface area contributed by atoms with Crippen molar-refractivity contribution in [2.24, 2.45) is 14.1 Å². The number of fused-ring (bicyclic) bond motifs is 2. The molecule has 0 saturated carbocycles. The van der Waals surface area contributed by atoms with E-state index < -0.39 is 10.0 Å². The van der Waals surface area contributed by atoms with Crippen LogP contribution in [-0.2, 0) is 37.0 Å². The van der Waals surface area contributed by atoms with E-state index >= 15 is 0 Å². The zero-order valence-corrected chi connectivity index (χ0v) is 20.4. The molecule has 8 heteroatoms. The van der Waals surface area contributed by atoms with E-state index in [4.69, 9.17) is 0 Å². The predicted octanol–water partition coefficient (Wildman–Crippen LogP) is 4.63. The molecule has 4 aromatic rings. The first-order valence-corrected chi connectivity index (χ1v) is 13.1. The van der Waals surface area contributed by atoms with Crippen molar-refractivity contribution in [3.05, 3.63) is 81.8 Å². The molecule has 0 spiro atoms. The normalized spacial score (nSPS) is 13.4. The summed E-state index contributed by atoms with van der Waals surface area (Å²) in [5, 5.41) is 0. The molecule has 3 aromatic carbocycles. The minimum Gasteiger partial charge on any atom is -0.295 e. The Balaban J connectivity index is 1.61. The maximum Gasteiger partial charge on any atom is 0.328 e. The summed E-state index contributed by atoms with van der Waals surface area (Å²) in [5.41, 5.74) is 5.20. The van der Waals surface area contributed by atoms with Crippen LogP contribution in [0.3, 0.4) is 0 Å². The highest BCUT2D eigenvalue weighted by atomic mass is 32.2. The number of aryl methyl sites for hydroxylation is 5. The topological polar surface area (TPSA) is 73.1 Å². The van der Waals surface area contributed by atoms with Crippen LogP contribution in [-0.4, -0.2) is 17.6 Å². The Hall–Kier alpha value is -2.97. The van der Waals surface area contributed by atoms with E-state index in [2.05, 4.69) is 4.72 Å². The number of nitrogens with one attached hydrogen (secondary N) is 1. The van der Waals surface area contributed by atoms with E-state index in [0.717, 1.165) is 45.7 Å². The lowest BCUT2D eigenvalue weighted by Gasteiger charge is -2.14. The molecule has 170 valence electrons. The second kappa shape index (κ2) is 8.11. The van der Waals surface area contributed by atoms with Gasteiger partial charge in [-0.25, -0.2) is 13.2 Å². The number of hydrogen-bond donors (Lipinski definition) is 1. The van der Waals surface area contributed by atoms with Gasteiger partial charge >= 0.3 is 5.69 Å². The van der Waals surface area contributed by atoms with Gasteiger partial charge in [0.2, 0.25) is 0 Å². The molecule has 0 saturated heterocycles. The number of nitrogens with zero attached hydrogens (tertiary/aromatic N) is 2. The lowest BCUT2D eigenvalue weighted by Crippen LogP contribution is -2.19. The molecule has 0 atom stereocenters. The Labute approximate surface area is 197 Å². The molecule has 1 heterocycles. The van der Waals surface area contributed by atoms with Gasteiger partial charge in [-0.1, -0.05) is 35.5 Å². The Morgan fingerprint density at radius 3 is 2.27 bits per heavy atom. The van der Waals surface area contributed by atoms with Crippen molar-refractivity contribution in [2.45, 2.75) is 40.9 Å². The third-order valence-electron chi connectivity index (χ3n) is 6.25. The van der Waals surface area contributed by atoms with E-state index in [-0.39, 0.29) is 10.6 Å². The first-order chi connectivity index (χ1) is 15.7. The van der Waals surface area contributed by atoms with Gasteiger partial charge in [0.25, 0.3) is 10.0 Å². The van der Waals surface area contributed by atoms with Crippen LogP contribution in [0, 0.1) is 6.92 Å². The van der Waals surface area contributed by atoms with Crippen molar-refractivity contribution in [1.29, 1.82) is 0 Å². The lowest BCUT2D eigenvalue weighted by atomic mass is 10.1. The summed E-state index contributed by atoms with van der Waals surface area (Å²) < 4.78 is 32.6. The summed E-state index contributed by atoms with van der Waals surface area (Å²) in [7, 11) is -0.386. The fourth-order valence-corrected chi connectivity index (χ4v) is 6.44. The predicted molar refractivity (Wildman–Crippen MR) is 133 cm³/mol. The minimum atomic E-state index is -3.80. The van der Waals surface area contributed by atoms with Crippen LogP contribution in [0.5, 0.6) is 0 Å². The Bertz CT molecular complexity index is 1550. The van der Waals surface area contributed by atoms with Gasteiger partial charge in [0, 0.05) is 23.9 Å². The fraction of sp³-hybridized carbons (Fsp3) is 0.240. The molecule has 0 aliphatic heterocycles. The van der Waals surface area contributed by atoms with Crippen LogP contribution in [0.1, 0.15) is 23.1 Å². The van der Waals surface area contributed by atoms with Gasteiger partial charge in [-0.2, -0.15) is 0 Å². The second-order valence-electron chi connectivity index (χ2n) is 8.54. The summed E-state index contributed by atoms with van der Waals surface area (Å²) in [6.07, 6.45) is 2.97. The minimum absolute atomic E-state index is 0.157. The number of hydrogen-bond acceptors (Lipinski definition) is 4. The van der Waals surface area contributed by atoms with Crippen LogP contribution < -0.4 is 10.4 Å². The molecule has 1 aliphatic carbocycles. The van der Waals surface area contributed by atoms with Crippen molar-refractivity contribution in [3.63, 3.8) is 0 Å². The molecule has 0 radical (unpaired) electrons. The highest BCUT2D eigenvalue weighted by molar-refractivity contribution is 7.99. The average molecular weight is 480 g/mol. The molecular weight excluding hydrogens is 454 g/mol. The Morgan fingerprint density at radius 1 is 0.879 bits per heavy atom. The standard InChI is InChI=1S/C25H25N3O3S2/c1-16-7-10-19(11-8-16)32-24-15-23-22(27(2)25(29)28(23)3)14-21(24)26-33(30,31)20-12-9-17-5-4-6-18(17)13-20/h7-15,26H,4-6H2,1-3H3. The van der Waals surface area contributed by atoms with E-state index in [1.807, 2.05) is 43.3 Å². The van der Waals surface area contributed by atoms with Crippen molar-refractivity contribution in [1.82, 2.24) is 9.13 Å².